The fourth-order valence-corrected chi connectivity index (χ4v) is 2.85. The van der Waals surface area contributed by atoms with Gasteiger partial charge in [0.25, 0.3) is 0 Å². The first-order valence-electron chi connectivity index (χ1n) is 9.23. The zero-order valence-electron chi connectivity index (χ0n) is 15.1. The van der Waals surface area contributed by atoms with E-state index in [0.29, 0.717) is 13.0 Å². The number of nitrogens with zero attached hydrogens (tertiary/aromatic N) is 2. The number of guanidine groups is 1. The molecule has 0 aromatic heterocycles. The predicted octanol–water partition coefficient (Wildman–Crippen LogP) is 2.67. The number of aliphatic imine (C=N–C) groups is 1. The van der Waals surface area contributed by atoms with Gasteiger partial charge in [-0.15, -0.1) is 0 Å². The van der Waals surface area contributed by atoms with Gasteiger partial charge >= 0.3 is 0 Å². The first kappa shape index (κ1) is 19.2. The molecule has 1 aromatic rings. The molecule has 1 fully saturated rings. The predicted molar refractivity (Wildman–Crippen MR) is 98.9 cm³/mol. The van der Waals surface area contributed by atoms with E-state index in [2.05, 4.69) is 15.6 Å². The van der Waals surface area contributed by atoms with Gasteiger partial charge in [0, 0.05) is 32.6 Å². The van der Waals surface area contributed by atoms with Crippen LogP contribution in [0.25, 0.3) is 0 Å². The summed E-state index contributed by atoms with van der Waals surface area (Å²) in [5, 5.41) is 6.50. The Morgan fingerprint density at radius 1 is 1.20 bits per heavy atom. The highest BCUT2D eigenvalue weighted by Gasteiger charge is 2.15. The quantitative estimate of drug-likeness (QED) is 0.452. The molecule has 0 aliphatic carbocycles. The van der Waals surface area contributed by atoms with Crippen molar-refractivity contribution in [2.75, 3.05) is 26.2 Å². The molecule has 0 atom stereocenters. The van der Waals surface area contributed by atoms with Crippen molar-refractivity contribution in [3.63, 3.8) is 0 Å². The minimum absolute atomic E-state index is 0.235. The Morgan fingerprint density at radius 2 is 2.00 bits per heavy atom. The van der Waals surface area contributed by atoms with Crippen LogP contribution in [0.5, 0.6) is 0 Å². The molecule has 0 radical (unpaired) electrons. The van der Waals surface area contributed by atoms with Gasteiger partial charge in [0.1, 0.15) is 5.82 Å². The molecule has 1 heterocycles. The van der Waals surface area contributed by atoms with Crippen LogP contribution in [0, 0.1) is 5.82 Å². The second kappa shape index (κ2) is 10.7. The molecule has 6 heteroatoms. The van der Waals surface area contributed by atoms with Crippen LogP contribution in [0.1, 0.15) is 44.6 Å². The van der Waals surface area contributed by atoms with Crippen LogP contribution in [0.3, 0.4) is 0 Å². The van der Waals surface area contributed by atoms with Crippen LogP contribution in [-0.4, -0.2) is 42.9 Å². The van der Waals surface area contributed by atoms with Crippen molar-refractivity contribution in [1.82, 2.24) is 15.5 Å². The first-order chi connectivity index (χ1) is 12.2. The molecule has 0 unspecified atom stereocenters. The van der Waals surface area contributed by atoms with Crippen LogP contribution in [-0.2, 0) is 11.3 Å². The number of hydrogen-bond donors (Lipinski definition) is 2. The normalized spacial score (nSPS) is 15.8. The van der Waals surface area contributed by atoms with Gasteiger partial charge < -0.3 is 15.5 Å². The third-order valence-corrected chi connectivity index (χ3v) is 4.25. The maximum atomic E-state index is 12.9. The van der Waals surface area contributed by atoms with Crippen molar-refractivity contribution in [2.45, 2.75) is 45.6 Å². The summed E-state index contributed by atoms with van der Waals surface area (Å²) >= 11 is 0. The van der Waals surface area contributed by atoms with Gasteiger partial charge in [-0.25, -0.2) is 9.38 Å². The molecule has 5 nitrogen and oxygen atoms in total. The Hall–Kier alpha value is -2.11. The molecule has 2 N–H and O–H groups in total. The molecule has 1 aromatic carbocycles. The number of likely N-dealkylation sites (tertiary alicyclic amines) is 1. The molecule has 25 heavy (non-hydrogen) atoms. The van der Waals surface area contributed by atoms with Gasteiger partial charge in [-0.1, -0.05) is 18.6 Å². The highest BCUT2D eigenvalue weighted by atomic mass is 19.1. The van der Waals surface area contributed by atoms with Crippen molar-refractivity contribution in [1.29, 1.82) is 0 Å². The van der Waals surface area contributed by atoms with Crippen molar-refractivity contribution in [2.24, 2.45) is 4.99 Å². The molecule has 2 rings (SSSR count). The number of carbonyl (C=O) groups excluding carboxylic acids is 1. The molecule has 138 valence electrons. The zero-order chi connectivity index (χ0) is 17.9. The molecular formula is C19H29FN4O. The maximum absolute atomic E-state index is 12.9. The molecule has 1 aliphatic rings. The Balaban J connectivity index is 1.75. The minimum atomic E-state index is -0.235. The summed E-state index contributed by atoms with van der Waals surface area (Å²) in [6, 6.07) is 6.38. The summed E-state index contributed by atoms with van der Waals surface area (Å²) in [5.41, 5.74) is 0.966. The number of benzene rings is 1. The topological polar surface area (TPSA) is 56.7 Å². The number of nitrogens with one attached hydrogen (secondary N) is 2. The Kier molecular flexibility index (Phi) is 8.22. The summed E-state index contributed by atoms with van der Waals surface area (Å²) in [7, 11) is 0. The second-order valence-electron chi connectivity index (χ2n) is 6.29. The van der Waals surface area contributed by atoms with Gasteiger partial charge in [0.2, 0.25) is 5.91 Å². The summed E-state index contributed by atoms with van der Waals surface area (Å²) in [6.45, 7) is 5.74. The number of amides is 1. The lowest BCUT2D eigenvalue weighted by atomic mass is 10.2. The average Bonchev–Trinajstić information content (AvgIpc) is 2.82. The Labute approximate surface area is 149 Å². The van der Waals surface area contributed by atoms with Gasteiger partial charge in [-0.05, 0) is 43.9 Å². The smallest absolute Gasteiger partial charge is 0.222 e. The fourth-order valence-electron chi connectivity index (χ4n) is 2.85. The molecule has 0 bridgehead atoms. The Morgan fingerprint density at radius 3 is 2.76 bits per heavy atom. The van der Waals surface area contributed by atoms with Crippen LogP contribution in [0.4, 0.5) is 4.39 Å². The van der Waals surface area contributed by atoms with Crippen LogP contribution < -0.4 is 10.6 Å². The van der Waals surface area contributed by atoms with Crippen LogP contribution in [0.15, 0.2) is 29.3 Å². The van der Waals surface area contributed by atoms with Crippen molar-refractivity contribution >= 4 is 11.9 Å². The molecule has 1 amide bonds. The van der Waals surface area contributed by atoms with E-state index in [0.717, 1.165) is 63.4 Å². The van der Waals surface area contributed by atoms with E-state index < -0.39 is 0 Å². The van der Waals surface area contributed by atoms with E-state index in [1.165, 1.54) is 12.1 Å². The highest BCUT2D eigenvalue weighted by Crippen LogP contribution is 2.11. The van der Waals surface area contributed by atoms with Crippen molar-refractivity contribution in [3.8, 4) is 0 Å². The van der Waals surface area contributed by atoms with E-state index in [4.69, 9.17) is 0 Å². The van der Waals surface area contributed by atoms with Gasteiger partial charge in [0.15, 0.2) is 5.96 Å². The average molecular weight is 348 g/mol. The van der Waals surface area contributed by atoms with Gasteiger partial charge in [-0.3, -0.25) is 4.79 Å². The highest BCUT2D eigenvalue weighted by molar-refractivity contribution is 5.79. The minimum Gasteiger partial charge on any atom is -0.357 e. The largest absolute Gasteiger partial charge is 0.357 e. The maximum Gasteiger partial charge on any atom is 0.222 e. The van der Waals surface area contributed by atoms with E-state index in [1.54, 1.807) is 12.1 Å². The number of carbonyl (C=O) groups is 1. The zero-order valence-corrected chi connectivity index (χ0v) is 15.1. The summed E-state index contributed by atoms with van der Waals surface area (Å²) in [4.78, 5) is 18.5. The summed E-state index contributed by atoms with van der Waals surface area (Å²) in [5.74, 6) is 0.796. The van der Waals surface area contributed by atoms with Gasteiger partial charge in [-0.2, -0.15) is 0 Å². The standard InChI is InChI=1S/C19H29FN4O/c1-2-21-19(23-15-16-8-10-17(20)11-9-16)22-12-6-14-24-13-5-3-4-7-18(24)25/h8-11H,2-7,12-15H2,1H3,(H2,21,22,23). The molecule has 0 spiro atoms. The second-order valence-corrected chi connectivity index (χ2v) is 6.29. The lowest BCUT2D eigenvalue weighted by molar-refractivity contribution is -0.130. The number of hydrogen-bond acceptors (Lipinski definition) is 2. The molecule has 0 saturated carbocycles. The number of rotatable bonds is 7. The summed E-state index contributed by atoms with van der Waals surface area (Å²) < 4.78 is 12.9. The molecule has 1 aliphatic heterocycles. The SMILES string of the molecule is CCNC(=NCc1ccc(F)cc1)NCCCN1CCCCCC1=O. The van der Waals surface area contributed by atoms with Gasteiger partial charge in [0.05, 0.1) is 6.54 Å². The molecular weight excluding hydrogens is 319 g/mol. The van der Waals surface area contributed by atoms with Crippen molar-refractivity contribution in [3.05, 3.63) is 35.6 Å². The van der Waals surface area contributed by atoms with E-state index in [1.807, 2.05) is 11.8 Å². The van der Waals surface area contributed by atoms with Crippen LogP contribution in [0.2, 0.25) is 0 Å². The summed E-state index contributed by atoms with van der Waals surface area (Å²) in [6.07, 6.45) is 4.87. The van der Waals surface area contributed by atoms with E-state index in [9.17, 15) is 9.18 Å². The van der Waals surface area contributed by atoms with E-state index >= 15 is 0 Å². The molecule has 1 saturated heterocycles. The monoisotopic (exact) mass is 348 g/mol. The Bertz CT molecular complexity index is 559. The first-order valence-corrected chi connectivity index (χ1v) is 9.23. The van der Waals surface area contributed by atoms with E-state index in [-0.39, 0.29) is 11.7 Å². The number of halogens is 1. The van der Waals surface area contributed by atoms with Crippen molar-refractivity contribution < 1.29 is 9.18 Å². The lowest BCUT2D eigenvalue weighted by Gasteiger charge is -2.20. The third-order valence-electron chi connectivity index (χ3n) is 4.25. The van der Waals surface area contributed by atoms with Crippen LogP contribution >= 0.6 is 0 Å². The lowest BCUT2D eigenvalue weighted by Crippen LogP contribution is -2.39. The third kappa shape index (κ3) is 7.11. The fraction of sp³-hybridized carbons (Fsp3) is 0.579.